The van der Waals surface area contributed by atoms with E-state index in [1.165, 1.54) is 12.8 Å². The molecule has 1 fully saturated rings. The van der Waals surface area contributed by atoms with Crippen LogP contribution in [0.2, 0.25) is 0 Å². The molecule has 212 valence electrons. The molecular formula is C35H41FO4. The van der Waals surface area contributed by atoms with Gasteiger partial charge in [-0.05, 0) is 89.6 Å². The Hall–Kier alpha value is -3.44. The van der Waals surface area contributed by atoms with E-state index in [4.69, 9.17) is 9.47 Å². The van der Waals surface area contributed by atoms with Gasteiger partial charge in [0.1, 0.15) is 18.2 Å². The molecule has 3 aromatic rings. The van der Waals surface area contributed by atoms with Crippen molar-refractivity contribution in [2.45, 2.75) is 65.2 Å². The highest BCUT2D eigenvalue weighted by Gasteiger charge is 2.21. The molecule has 1 aliphatic rings. The van der Waals surface area contributed by atoms with Crippen LogP contribution in [0.25, 0.3) is 22.3 Å². The topological polar surface area (TPSA) is 55.8 Å². The lowest BCUT2D eigenvalue weighted by Crippen LogP contribution is -2.11. The number of esters is 1. The third-order valence-corrected chi connectivity index (χ3v) is 7.95. The molecule has 0 atom stereocenters. The van der Waals surface area contributed by atoms with Crippen LogP contribution in [0.15, 0.2) is 66.7 Å². The predicted octanol–water partition coefficient (Wildman–Crippen LogP) is 8.05. The van der Waals surface area contributed by atoms with Gasteiger partial charge in [0.15, 0.2) is 0 Å². The molecule has 5 heteroatoms. The number of aliphatic hydroxyl groups excluding tert-OH is 1. The Morgan fingerprint density at radius 1 is 0.950 bits per heavy atom. The zero-order valence-corrected chi connectivity index (χ0v) is 24.0. The van der Waals surface area contributed by atoms with Gasteiger partial charge in [0, 0.05) is 17.6 Å². The Labute approximate surface area is 237 Å². The van der Waals surface area contributed by atoms with E-state index < -0.39 is 5.97 Å². The number of rotatable bonds is 11. The van der Waals surface area contributed by atoms with Crippen LogP contribution >= 0.6 is 0 Å². The summed E-state index contributed by atoms with van der Waals surface area (Å²) in [4.78, 5) is 11.8. The normalized spacial score (nSPS) is 16.9. The van der Waals surface area contributed by atoms with Crippen molar-refractivity contribution in [1.82, 2.24) is 0 Å². The number of hydrogen-bond donors (Lipinski definition) is 1. The smallest absolute Gasteiger partial charge is 0.333 e. The van der Waals surface area contributed by atoms with E-state index in [1.807, 2.05) is 30.3 Å². The predicted molar refractivity (Wildman–Crippen MR) is 159 cm³/mol. The first-order valence-electron chi connectivity index (χ1n) is 14.4. The fraction of sp³-hybridized carbons (Fsp3) is 0.400. The second kappa shape index (κ2) is 13.8. The second-order valence-corrected chi connectivity index (χ2v) is 11.0. The Kier molecular flexibility index (Phi) is 10.2. The van der Waals surface area contributed by atoms with Gasteiger partial charge in [-0.3, -0.25) is 0 Å². The highest BCUT2D eigenvalue weighted by molar-refractivity contribution is 5.86. The van der Waals surface area contributed by atoms with E-state index >= 15 is 4.39 Å². The van der Waals surface area contributed by atoms with Crippen LogP contribution in [0.3, 0.4) is 0 Å². The van der Waals surface area contributed by atoms with Crippen LogP contribution in [0.5, 0.6) is 5.75 Å². The van der Waals surface area contributed by atoms with Gasteiger partial charge in [-0.25, -0.2) is 9.18 Å². The molecule has 0 saturated heterocycles. The van der Waals surface area contributed by atoms with Gasteiger partial charge in [0.25, 0.3) is 0 Å². The molecular weight excluding hydrogens is 503 g/mol. The van der Waals surface area contributed by atoms with Crippen molar-refractivity contribution in [1.29, 1.82) is 0 Å². The number of aryl methyl sites for hydroxylation is 1. The lowest BCUT2D eigenvalue weighted by molar-refractivity contribution is -0.138. The number of hydrogen-bond acceptors (Lipinski definition) is 4. The third-order valence-electron chi connectivity index (χ3n) is 7.95. The third kappa shape index (κ3) is 7.19. The van der Waals surface area contributed by atoms with E-state index in [2.05, 4.69) is 38.6 Å². The summed E-state index contributed by atoms with van der Waals surface area (Å²) >= 11 is 0. The standard InChI is InChI=1S/C35H41FO4/c1-5-25-20-29(32-14-10-27(22-33(32)36)26-8-6-24(4)7-9-26)11-13-31(25)28-12-15-34(39-19-17-37)30(21-28)16-18-40-35(38)23(2)3/h10-15,20-22,24,26,37H,2,5-9,16-19H2,1,3-4H3. The first-order valence-corrected chi connectivity index (χ1v) is 14.4. The molecule has 0 heterocycles. The summed E-state index contributed by atoms with van der Waals surface area (Å²) in [5.41, 5.74) is 7.03. The van der Waals surface area contributed by atoms with Crippen molar-refractivity contribution in [3.8, 4) is 28.0 Å². The molecule has 4 nitrogen and oxygen atoms in total. The number of ether oxygens (including phenoxy) is 2. The van der Waals surface area contributed by atoms with Crippen LogP contribution in [0.1, 0.15) is 69.1 Å². The summed E-state index contributed by atoms with van der Waals surface area (Å²) in [6.07, 6.45) is 5.95. The van der Waals surface area contributed by atoms with Gasteiger partial charge >= 0.3 is 5.97 Å². The molecule has 1 N–H and O–H groups in total. The summed E-state index contributed by atoms with van der Waals surface area (Å²) in [6.45, 7) is 9.92. The molecule has 40 heavy (non-hydrogen) atoms. The van der Waals surface area contributed by atoms with Crippen LogP contribution < -0.4 is 4.74 Å². The van der Waals surface area contributed by atoms with Crippen molar-refractivity contribution in [3.05, 3.63) is 89.3 Å². The molecule has 0 aromatic heterocycles. The molecule has 4 rings (SSSR count). The number of benzene rings is 3. The molecule has 0 spiro atoms. The van der Waals surface area contributed by atoms with E-state index in [9.17, 15) is 9.90 Å². The van der Waals surface area contributed by atoms with Crippen LogP contribution in [-0.2, 0) is 22.4 Å². The van der Waals surface area contributed by atoms with Crippen LogP contribution in [-0.4, -0.2) is 30.9 Å². The van der Waals surface area contributed by atoms with Gasteiger partial charge in [-0.1, -0.05) is 69.7 Å². The zero-order valence-electron chi connectivity index (χ0n) is 24.0. The fourth-order valence-electron chi connectivity index (χ4n) is 5.56. The van der Waals surface area contributed by atoms with Crippen molar-refractivity contribution in [3.63, 3.8) is 0 Å². The average Bonchev–Trinajstić information content (AvgIpc) is 2.96. The van der Waals surface area contributed by atoms with Crippen LogP contribution in [0.4, 0.5) is 4.39 Å². The molecule has 0 aliphatic heterocycles. The monoisotopic (exact) mass is 544 g/mol. The lowest BCUT2D eigenvalue weighted by atomic mass is 9.79. The number of halogens is 1. The van der Waals surface area contributed by atoms with Gasteiger partial charge in [0.2, 0.25) is 0 Å². The van der Waals surface area contributed by atoms with Crippen LogP contribution in [0, 0.1) is 11.7 Å². The first-order chi connectivity index (χ1) is 19.3. The van der Waals surface area contributed by atoms with Crippen molar-refractivity contribution in [2.24, 2.45) is 5.92 Å². The van der Waals surface area contributed by atoms with E-state index in [1.54, 1.807) is 13.0 Å². The number of carbonyl (C=O) groups excluding carboxylic acids is 1. The molecule has 1 aliphatic carbocycles. The molecule has 1 saturated carbocycles. The molecule has 0 bridgehead atoms. The summed E-state index contributed by atoms with van der Waals surface area (Å²) in [6, 6.07) is 17.8. The zero-order chi connectivity index (χ0) is 28.6. The number of aliphatic hydroxyl groups is 1. The van der Waals surface area contributed by atoms with Crippen molar-refractivity contribution >= 4 is 5.97 Å². The lowest BCUT2D eigenvalue weighted by Gasteiger charge is -2.26. The van der Waals surface area contributed by atoms with E-state index in [0.29, 0.717) is 29.2 Å². The highest BCUT2D eigenvalue weighted by Crippen LogP contribution is 2.38. The minimum atomic E-state index is -0.425. The van der Waals surface area contributed by atoms with Gasteiger partial charge < -0.3 is 14.6 Å². The Morgan fingerprint density at radius 2 is 1.62 bits per heavy atom. The van der Waals surface area contributed by atoms with Gasteiger partial charge in [0.05, 0.1) is 13.2 Å². The van der Waals surface area contributed by atoms with Gasteiger partial charge in [-0.15, -0.1) is 0 Å². The van der Waals surface area contributed by atoms with Crippen molar-refractivity contribution < 1.29 is 23.8 Å². The number of carbonyl (C=O) groups is 1. The Morgan fingerprint density at radius 3 is 2.30 bits per heavy atom. The maximum Gasteiger partial charge on any atom is 0.333 e. The molecule has 0 unspecified atom stereocenters. The highest BCUT2D eigenvalue weighted by atomic mass is 19.1. The second-order valence-electron chi connectivity index (χ2n) is 11.0. The SMILES string of the molecule is C=C(C)C(=O)OCCc1cc(-c2ccc(-c3ccc(C4CCC(C)CC4)cc3F)cc2CC)ccc1OCCO. The maximum atomic E-state index is 15.4. The van der Waals surface area contributed by atoms with E-state index in [0.717, 1.165) is 58.6 Å². The maximum absolute atomic E-state index is 15.4. The minimum Gasteiger partial charge on any atom is -0.491 e. The first kappa shape index (κ1) is 29.5. The summed E-state index contributed by atoms with van der Waals surface area (Å²) in [5, 5.41) is 9.23. The Balaban J connectivity index is 1.59. The summed E-state index contributed by atoms with van der Waals surface area (Å²) in [7, 11) is 0. The molecule has 3 aromatic carbocycles. The fourth-order valence-corrected chi connectivity index (χ4v) is 5.56. The minimum absolute atomic E-state index is 0.0926. The molecule has 0 amide bonds. The quantitative estimate of drug-likeness (QED) is 0.196. The largest absolute Gasteiger partial charge is 0.491 e. The Bertz CT molecular complexity index is 1340. The molecule has 0 radical (unpaired) electrons. The summed E-state index contributed by atoms with van der Waals surface area (Å²) in [5.74, 6) is 1.28. The van der Waals surface area contributed by atoms with Gasteiger partial charge in [-0.2, -0.15) is 0 Å². The van der Waals surface area contributed by atoms with Crippen molar-refractivity contribution in [2.75, 3.05) is 19.8 Å². The van der Waals surface area contributed by atoms with E-state index in [-0.39, 0.29) is 25.6 Å². The average molecular weight is 545 g/mol. The summed E-state index contributed by atoms with van der Waals surface area (Å²) < 4.78 is 26.4.